The molecule has 0 aromatic heterocycles. The number of rotatable bonds is 9. The van der Waals surface area contributed by atoms with Gasteiger partial charge < -0.3 is 44.2 Å². The zero-order chi connectivity index (χ0) is 77.9. The molecule has 0 unspecified atom stereocenters. The molecule has 522 valence electrons. The van der Waals surface area contributed by atoms with Crippen molar-refractivity contribution in [1.29, 1.82) is 21.0 Å². The molecule has 3 aliphatic carbocycles. The SMILES string of the molecule is N#Cc1c(N)c2c(c(N)c1C#N)C(=O)c1ccccc1C2=O.[C-]#[N+]c1c(N)c2c(c(NC(=O)c3ccc(C(=O)Nc4ccc(-c5ccc(NC(=O)c6ccc(C(=O)Nc7c([N+]#[C-])c(C#N)c(N)c8c7C(=O)c7ccccc7C8=O)cc6)cc5C(F)(F)F)c(C(F)(F)F)c4)cc3)c1C#N)C(=O)c1ccccc1C2=O. The number of carbonyl (C=O) groups excluding carboxylic acids is 10. The van der Waals surface area contributed by atoms with E-state index in [2.05, 4.69) is 31.0 Å². The van der Waals surface area contributed by atoms with Crippen molar-refractivity contribution in [2.24, 2.45) is 0 Å². The van der Waals surface area contributed by atoms with Crippen LogP contribution in [0.15, 0.2) is 158 Å². The Hall–Kier alpha value is -16.2. The zero-order valence-corrected chi connectivity index (χ0v) is 54.4. The highest BCUT2D eigenvalue weighted by atomic mass is 19.4. The molecular weight excluding hydrogens is 1410 g/mol. The largest absolute Gasteiger partial charge is 0.417 e. The number of nitrogen functional groups attached to an aromatic ring is 4. The number of anilines is 8. The van der Waals surface area contributed by atoms with E-state index in [1.807, 2.05) is 0 Å². The molecule has 0 saturated carbocycles. The summed E-state index contributed by atoms with van der Waals surface area (Å²) in [6, 6.07) is 37.4. The van der Waals surface area contributed by atoms with Crippen LogP contribution in [0.2, 0.25) is 0 Å². The Kier molecular flexibility index (Phi) is 18.1. The molecule has 13 rings (SSSR count). The van der Waals surface area contributed by atoms with E-state index in [4.69, 9.17) is 36.1 Å². The van der Waals surface area contributed by atoms with E-state index in [-0.39, 0.29) is 89.3 Å². The van der Waals surface area contributed by atoms with Gasteiger partial charge in [-0.3, -0.25) is 47.9 Å². The highest BCUT2D eigenvalue weighted by Gasteiger charge is 2.43. The third-order valence-corrected chi connectivity index (χ3v) is 17.6. The van der Waals surface area contributed by atoms with Crippen LogP contribution in [0.4, 0.5) is 83.2 Å². The number of hydrogen-bond acceptors (Lipinski definition) is 18. The van der Waals surface area contributed by atoms with Crippen LogP contribution in [0, 0.1) is 58.5 Å². The fourth-order valence-corrected chi connectivity index (χ4v) is 12.6. The molecule has 0 radical (unpaired) electrons. The number of hydrogen-bond donors (Lipinski definition) is 8. The summed E-state index contributed by atoms with van der Waals surface area (Å²) in [6.45, 7) is 15.4. The number of benzene rings is 10. The van der Waals surface area contributed by atoms with E-state index in [0.29, 0.717) is 24.3 Å². The summed E-state index contributed by atoms with van der Waals surface area (Å²) in [5.41, 5.74) is 10.7. The molecule has 0 saturated heterocycles. The van der Waals surface area contributed by atoms with Gasteiger partial charge in [0, 0.05) is 78.1 Å². The molecule has 4 amide bonds. The van der Waals surface area contributed by atoms with Crippen molar-refractivity contribution in [3.8, 4) is 35.4 Å². The summed E-state index contributed by atoms with van der Waals surface area (Å²) in [5, 5.41) is 47.6. The number of fused-ring (bicyclic) bond motifs is 6. The number of ketones is 6. The van der Waals surface area contributed by atoms with Crippen LogP contribution in [-0.2, 0) is 12.4 Å². The van der Waals surface area contributed by atoms with E-state index in [9.17, 15) is 95.3 Å². The lowest BCUT2D eigenvalue weighted by Crippen LogP contribution is -2.26. The number of halogens is 6. The van der Waals surface area contributed by atoms with Crippen LogP contribution >= 0.6 is 0 Å². The van der Waals surface area contributed by atoms with E-state index in [1.165, 1.54) is 60.7 Å². The average molecular weight is 1450 g/mol. The summed E-state index contributed by atoms with van der Waals surface area (Å²) < 4.78 is 88.8. The van der Waals surface area contributed by atoms with Crippen molar-refractivity contribution in [1.82, 2.24) is 0 Å². The lowest BCUT2D eigenvalue weighted by Gasteiger charge is -2.24. The molecule has 0 spiro atoms. The average Bonchev–Trinajstić information content (AvgIpc) is 0.737. The zero-order valence-electron chi connectivity index (χ0n) is 54.4. The second-order valence-corrected chi connectivity index (χ2v) is 23.6. The first-order chi connectivity index (χ1) is 51.4. The number of nitrogens with one attached hydrogen (secondary N) is 4. The maximum atomic E-state index is 14.8. The molecule has 10 aromatic carbocycles. The fourth-order valence-electron chi connectivity index (χ4n) is 12.6. The molecule has 30 heteroatoms. The molecule has 108 heavy (non-hydrogen) atoms. The minimum absolute atomic E-state index is 0.0264. The Balaban J connectivity index is 0.000000421. The van der Waals surface area contributed by atoms with Gasteiger partial charge in [-0.15, -0.1) is 0 Å². The minimum Gasteiger partial charge on any atom is -0.407 e. The number of carbonyl (C=O) groups is 10. The summed E-state index contributed by atoms with van der Waals surface area (Å²) in [6.07, 6.45) is -10.7. The predicted octanol–water partition coefficient (Wildman–Crippen LogP) is 13.3. The van der Waals surface area contributed by atoms with Crippen molar-refractivity contribution in [2.75, 3.05) is 44.2 Å². The summed E-state index contributed by atoms with van der Waals surface area (Å²) in [5.74, 6) is -8.07. The van der Waals surface area contributed by atoms with Crippen molar-refractivity contribution >= 4 is 115 Å². The van der Waals surface area contributed by atoms with E-state index in [1.54, 1.807) is 36.4 Å². The second kappa shape index (κ2) is 27.3. The van der Waals surface area contributed by atoms with Crippen LogP contribution < -0.4 is 44.2 Å². The van der Waals surface area contributed by atoms with Crippen LogP contribution in [0.1, 0.15) is 170 Å². The molecule has 3 aliphatic rings. The molecule has 0 aliphatic heterocycles. The first-order valence-corrected chi connectivity index (χ1v) is 31.0. The Morgan fingerprint density at radius 3 is 0.907 bits per heavy atom. The highest BCUT2D eigenvalue weighted by Crippen LogP contribution is 2.49. The van der Waals surface area contributed by atoms with Gasteiger partial charge >= 0.3 is 12.4 Å². The molecular formula is C78H38F6N14O10. The van der Waals surface area contributed by atoms with Gasteiger partial charge in [0.25, 0.3) is 23.6 Å². The smallest absolute Gasteiger partial charge is 0.407 e. The molecule has 0 heterocycles. The van der Waals surface area contributed by atoms with Crippen molar-refractivity contribution in [3.63, 3.8) is 0 Å². The molecule has 0 bridgehead atoms. The Bertz CT molecular complexity index is 5770. The van der Waals surface area contributed by atoms with Crippen LogP contribution in [0.5, 0.6) is 0 Å². The molecule has 24 nitrogen and oxygen atoms in total. The van der Waals surface area contributed by atoms with Crippen LogP contribution in [0.3, 0.4) is 0 Å². The van der Waals surface area contributed by atoms with E-state index >= 15 is 0 Å². The molecule has 0 atom stereocenters. The summed E-state index contributed by atoms with van der Waals surface area (Å²) in [4.78, 5) is 141. The normalized spacial score (nSPS) is 12.1. The predicted molar refractivity (Wildman–Crippen MR) is 375 cm³/mol. The van der Waals surface area contributed by atoms with E-state index < -0.39 is 172 Å². The van der Waals surface area contributed by atoms with Crippen molar-refractivity contribution < 1.29 is 74.3 Å². The second-order valence-electron chi connectivity index (χ2n) is 23.6. The Morgan fingerprint density at radius 2 is 0.602 bits per heavy atom. The van der Waals surface area contributed by atoms with Gasteiger partial charge in [-0.2, -0.15) is 47.4 Å². The van der Waals surface area contributed by atoms with Crippen molar-refractivity contribution in [2.45, 2.75) is 12.4 Å². The molecule has 0 fully saturated rings. The Labute approximate surface area is 602 Å². The first kappa shape index (κ1) is 71.6. The monoisotopic (exact) mass is 1440 g/mol. The lowest BCUT2D eigenvalue weighted by atomic mass is 9.80. The maximum absolute atomic E-state index is 14.8. The summed E-state index contributed by atoms with van der Waals surface area (Å²) >= 11 is 0. The standard InChI is InChI=1S/C62H30F6N10O8.C16H8N4O2/c1-73-50-40(26-70)49(45-44(48(50)72)54(80)36-8-4-5-9-37(36)55(45)81)77-59(85)29-15-11-27(12-16-29)57(83)75-31-19-21-33(41(23-31)61(63,64)65)34-22-20-32(24-42(34)62(66,67)68)76-58(84)28-13-17-30(18-14-28)60(86)78-52-46-43(47(71)39(25-69)51(52)74-2)53(79)35-7-3-6-10-38(35)56(46)82;17-5-9-10(6-18)14(20)12-11(13(9)19)15(21)7-3-1-2-4-8(7)16(12)22/h3-24H,71-72H2,(H,75,83)(H,76,84)(H,77,85)(H,78,86);1-4H,19-20H2. The van der Waals surface area contributed by atoms with Gasteiger partial charge in [-0.25, -0.2) is 9.69 Å². The third kappa shape index (κ3) is 12.0. The van der Waals surface area contributed by atoms with Gasteiger partial charge in [0.1, 0.15) is 12.1 Å². The third-order valence-electron chi connectivity index (χ3n) is 17.6. The summed E-state index contributed by atoms with van der Waals surface area (Å²) in [7, 11) is 0. The van der Waals surface area contributed by atoms with Crippen LogP contribution in [-0.4, -0.2) is 58.3 Å². The van der Waals surface area contributed by atoms with Gasteiger partial charge in [0.2, 0.25) is 11.4 Å². The van der Waals surface area contributed by atoms with Gasteiger partial charge in [-0.1, -0.05) is 84.9 Å². The first-order valence-electron chi connectivity index (χ1n) is 31.0. The molecule has 12 N–H and O–H groups in total. The number of alkyl halides is 6. The number of amides is 4. The van der Waals surface area contributed by atoms with Crippen molar-refractivity contribution in [3.05, 3.63) is 303 Å². The van der Waals surface area contributed by atoms with Crippen LogP contribution in [0.25, 0.3) is 20.8 Å². The Morgan fingerprint density at radius 1 is 0.333 bits per heavy atom. The lowest BCUT2D eigenvalue weighted by molar-refractivity contribution is -0.139. The topological polar surface area (TPSA) is 427 Å². The number of nitrogens with two attached hydrogens (primary N) is 4. The quantitative estimate of drug-likeness (QED) is 0.0378. The minimum atomic E-state index is -5.33. The highest BCUT2D eigenvalue weighted by molar-refractivity contribution is 6.36. The fraction of sp³-hybridized carbons (Fsp3) is 0.0256. The molecule has 10 aromatic rings. The maximum Gasteiger partial charge on any atom is 0.417 e. The van der Waals surface area contributed by atoms with Gasteiger partial charge in [0.05, 0.1) is 115 Å². The number of nitriles is 4. The van der Waals surface area contributed by atoms with Gasteiger partial charge in [0.15, 0.2) is 34.7 Å². The van der Waals surface area contributed by atoms with E-state index in [0.717, 1.165) is 60.7 Å². The number of nitrogens with zero attached hydrogens (tertiary/aromatic N) is 6. The van der Waals surface area contributed by atoms with Gasteiger partial charge in [-0.05, 0) is 83.9 Å².